The second-order valence-corrected chi connectivity index (χ2v) is 12.7. The number of hydrogen-bond acceptors (Lipinski definition) is 5. The Bertz CT molecular complexity index is 1330. The Kier molecular flexibility index (Phi) is 6.70. The molecule has 4 rings (SSSR count). The molecule has 0 unspecified atom stereocenters. The van der Waals surface area contributed by atoms with Crippen LogP contribution < -0.4 is 0 Å². The highest BCUT2D eigenvalue weighted by molar-refractivity contribution is 9.10. The van der Waals surface area contributed by atoms with Crippen LogP contribution in [-0.4, -0.2) is 43.1 Å². The van der Waals surface area contributed by atoms with Gasteiger partial charge in [-0.2, -0.15) is 0 Å². The summed E-state index contributed by atoms with van der Waals surface area (Å²) in [5.41, 5.74) is 2.42. The second kappa shape index (κ2) is 9.09. The number of aryl methyl sites for hydroxylation is 1. The fraction of sp³-hybridized carbons (Fsp3) is 0.304. The molecule has 2 atom stereocenters. The van der Waals surface area contributed by atoms with Gasteiger partial charge in [0.25, 0.3) is 10.9 Å². The first kappa shape index (κ1) is 24.3. The number of sulfone groups is 1. The standard InChI is InChI=1S/C23H21BrClFN2O3S2/c1-14-5-3-4-6-17(14)15(2)20-12-27-22(32-20)23(26)13-28(9-10-33(23,30)31)21(29)16-7-8-18(24)19(25)11-16/h3-8,11-12,15H,9-10,13H2,1-2H3/t15-,23+/m0/s1. The summed E-state index contributed by atoms with van der Waals surface area (Å²) in [5, 5.41) is -2.58. The van der Waals surface area contributed by atoms with Crippen LogP contribution in [0, 0.1) is 6.92 Å². The Morgan fingerprint density at radius 2 is 2.03 bits per heavy atom. The first-order valence-corrected chi connectivity index (χ1v) is 13.8. The number of rotatable bonds is 4. The molecular formula is C23H21BrClFN2O3S2. The van der Waals surface area contributed by atoms with Crippen LogP contribution in [0.3, 0.4) is 0 Å². The van der Waals surface area contributed by atoms with Crippen molar-refractivity contribution in [2.24, 2.45) is 0 Å². The minimum Gasteiger partial charge on any atom is -0.333 e. The third-order valence-electron chi connectivity index (χ3n) is 5.90. The van der Waals surface area contributed by atoms with Crippen LogP contribution >= 0.6 is 38.9 Å². The number of hydrogen-bond donors (Lipinski definition) is 0. The number of amides is 1. The average Bonchev–Trinajstić information content (AvgIpc) is 3.28. The van der Waals surface area contributed by atoms with Crippen molar-refractivity contribution < 1.29 is 17.6 Å². The zero-order valence-electron chi connectivity index (χ0n) is 17.9. The van der Waals surface area contributed by atoms with E-state index in [0.29, 0.717) is 9.50 Å². The summed E-state index contributed by atoms with van der Waals surface area (Å²) in [6.07, 6.45) is 1.53. The Morgan fingerprint density at radius 3 is 2.73 bits per heavy atom. The van der Waals surface area contributed by atoms with Gasteiger partial charge < -0.3 is 4.90 Å². The van der Waals surface area contributed by atoms with E-state index in [-0.39, 0.29) is 23.0 Å². The maximum atomic E-state index is 16.2. The van der Waals surface area contributed by atoms with E-state index in [1.165, 1.54) is 17.2 Å². The van der Waals surface area contributed by atoms with Crippen LogP contribution in [0.15, 0.2) is 53.1 Å². The van der Waals surface area contributed by atoms with E-state index >= 15 is 4.39 Å². The number of halogens is 3. The van der Waals surface area contributed by atoms with Gasteiger partial charge in [0, 0.05) is 33.6 Å². The molecule has 1 amide bonds. The van der Waals surface area contributed by atoms with Crippen molar-refractivity contribution in [1.82, 2.24) is 9.88 Å². The topological polar surface area (TPSA) is 67.3 Å². The van der Waals surface area contributed by atoms with Crippen molar-refractivity contribution in [2.45, 2.75) is 24.8 Å². The molecule has 1 aromatic heterocycles. The van der Waals surface area contributed by atoms with E-state index in [2.05, 4.69) is 20.9 Å². The molecule has 1 fully saturated rings. The molecule has 0 spiro atoms. The van der Waals surface area contributed by atoms with Crippen molar-refractivity contribution in [3.05, 3.63) is 84.7 Å². The predicted molar refractivity (Wildman–Crippen MR) is 132 cm³/mol. The normalized spacial score (nSPS) is 21.1. The number of nitrogens with zero attached hydrogens (tertiary/aromatic N) is 2. The van der Waals surface area contributed by atoms with Gasteiger partial charge in [0.15, 0.2) is 9.84 Å². The van der Waals surface area contributed by atoms with Gasteiger partial charge in [-0.25, -0.2) is 17.8 Å². The third kappa shape index (κ3) is 4.48. The molecule has 174 valence electrons. The number of benzene rings is 2. The Balaban J connectivity index is 1.65. The molecule has 0 bridgehead atoms. The van der Waals surface area contributed by atoms with Crippen LogP contribution in [0.2, 0.25) is 5.02 Å². The lowest BCUT2D eigenvalue weighted by atomic mass is 9.96. The molecule has 3 aromatic rings. The average molecular weight is 572 g/mol. The number of alkyl halides is 1. The van der Waals surface area contributed by atoms with Gasteiger partial charge in [0.05, 0.1) is 17.3 Å². The van der Waals surface area contributed by atoms with Gasteiger partial charge in [-0.3, -0.25) is 4.79 Å². The van der Waals surface area contributed by atoms with Crippen molar-refractivity contribution in [3.63, 3.8) is 0 Å². The fourth-order valence-electron chi connectivity index (χ4n) is 3.89. The molecule has 1 aliphatic rings. The van der Waals surface area contributed by atoms with Crippen LogP contribution in [0.25, 0.3) is 0 Å². The van der Waals surface area contributed by atoms with Gasteiger partial charge in [-0.05, 0) is 52.2 Å². The van der Waals surface area contributed by atoms with Gasteiger partial charge in [-0.15, -0.1) is 11.3 Å². The summed E-state index contributed by atoms with van der Waals surface area (Å²) in [5.74, 6) is -1.04. The van der Waals surface area contributed by atoms with E-state index in [4.69, 9.17) is 11.6 Å². The maximum Gasteiger partial charge on any atom is 0.278 e. The van der Waals surface area contributed by atoms with E-state index < -0.39 is 33.0 Å². The van der Waals surface area contributed by atoms with Crippen molar-refractivity contribution in [3.8, 4) is 0 Å². The van der Waals surface area contributed by atoms with E-state index in [0.717, 1.165) is 27.3 Å². The van der Waals surface area contributed by atoms with Gasteiger partial charge in [-0.1, -0.05) is 42.8 Å². The molecule has 2 aromatic carbocycles. The van der Waals surface area contributed by atoms with E-state index in [9.17, 15) is 13.2 Å². The molecular weight excluding hydrogens is 551 g/mol. The largest absolute Gasteiger partial charge is 0.333 e. The summed E-state index contributed by atoms with van der Waals surface area (Å²) < 4.78 is 42.5. The highest BCUT2D eigenvalue weighted by atomic mass is 79.9. The smallest absolute Gasteiger partial charge is 0.278 e. The molecule has 1 aliphatic heterocycles. The molecule has 1 saturated heterocycles. The van der Waals surface area contributed by atoms with E-state index in [1.807, 2.05) is 38.1 Å². The van der Waals surface area contributed by atoms with E-state index in [1.54, 1.807) is 12.1 Å². The Hall–Kier alpha value is -1.81. The number of aromatic nitrogens is 1. The van der Waals surface area contributed by atoms with Crippen molar-refractivity contribution >= 4 is 54.6 Å². The molecule has 33 heavy (non-hydrogen) atoms. The fourth-order valence-corrected chi connectivity index (χ4v) is 7.23. The SMILES string of the molecule is Cc1ccccc1[C@H](C)c1cnc([C@@]2(F)CN(C(=O)c3ccc(Br)c(Cl)c3)CCS2(=O)=O)s1. The first-order valence-electron chi connectivity index (χ1n) is 10.2. The number of carbonyl (C=O) groups excluding carboxylic acids is 1. The molecule has 0 N–H and O–H groups in total. The minimum absolute atomic E-state index is 0.0741. The summed E-state index contributed by atoms with van der Waals surface area (Å²) in [7, 11) is -4.17. The molecule has 0 saturated carbocycles. The first-order chi connectivity index (χ1) is 15.5. The molecule has 2 heterocycles. The molecule has 0 aliphatic carbocycles. The van der Waals surface area contributed by atoms with Crippen LogP contribution in [0.5, 0.6) is 0 Å². The zero-order valence-corrected chi connectivity index (χ0v) is 21.9. The van der Waals surface area contributed by atoms with Gasteiger partial charge in [0.2, 0.25) is 0 Å². The molecule has 5 nitrogen and oxygen atoms in total. The number of thiazole rings is 1. The van der Waals surface area contributed by atoms with Crippen LogP contribution in [-0.2, 0) is 14.8 Å². The van der Waals surface area contributed by atoms with Crippen LogP contribution in [0.1, 0.15) is 44.2 Å². The molecule has 0 radical (unpaired) electrons. The highest BCUT2D eigenvalue weighted by Crippen LogP contribution is 2.41. The maximum absolute atomic E-state index is 16.2. The number of carbonyl (C=O) groups is 1. The summed E-state index contributed by atoms with van der Waals surface area (Å²) in [4.78, 5) is 19.2. The lowest BCUT2D eigenvalue weighted by Gasteiger charge is -2.35. The highest BCUT2D eigenvalue weighted by Gasteiger charge is 2.53. The van der Waals surface area contributed by atoms with Gasteiger partial charge in [0.1, 0.15) is 5.01 Å². The Labute approximate surface area is 209 Å². The lowest BCUT2D eigenvalue weighted by Crippen LogP contribution is -2.53. The quantitative estimate of drug-likeness (QED) is 0.402. The van der Waals surface area contributed by atoms with Crippen LogP contribution in [0.4, 0.5) is 4.39 Å². The van der Waals surface area contributed by atoms with Crippen molar-refractivity contribution in [1.29, 1.82) is 0 Å². The van der Waals surface area contributed by atoms with Crippen molar-refractivity contribution in [2.75, 3.05) is 18.8 Å². The summed E-state index contributed by atoms with van der Waals surface area (Å²) in [6.45, 7) is 3.26. The third-order valence-corrected chi connectivity index (χ3v) is 10.6. The predicted octanol–water partition coefficient (Wildman–Crippen LogP) is 5.71. The summed E-state index contributed by atoms with van der Waals surface area (Å²) >= 11 is 10.4. The zero-order chi connectivity index (χ0) is 24.0. The second-order valence-electron chi connectivity index (χ2n) is 8.05. The minimum atomic E-state index is -4.17. The monoisotopic (exact) mass is 570 g/mol. The van der Waals surface area contributed by atoms with Gasteiger partial charge >= 0.3 is 0 Å². The summed E-state index contributed by atoms with van der Waals surface area (Å²) in [6, 6.07) is 12.5. The Morgan fingerprint density at radius 1 is 1.30 bits per heavy atom. The molecule has 10 heteroatoms. The lowest BCUT2D eigenvalue weighted by molar-refractivity contribution is 0.0666.